The van der Waals surface area contributed by atoms with E-state index in [2.05, 4.69) is 16.0 Å². The van der Waals surface area contributed by atoms with E-state index in [1.54, 1.807) is 24.3 Å². The second-order valence-electron chi connectivity index (χ2n) is 8.24. The monoisotopic (exact) mass is 455 g/mol. The highest BCUT2D eigenvalue weighted by atomic mass is 32.1. The Morgan fingerprint density at radius 2 is 1.59 bits per heavy atom. The molecule has 0 fully saturated rings. The van der Waals surface area contributed by atoms with Gasteiger partial charge in [-0.05, 0) is 62.8 Å². The highest BCUT2D eigenvalue weighted by molar-refractivity contribution is 7.80. The van der Waals surface area contributed by atoms with E-state index in [0.717, 1.165) is 5.56 Å². The van der Waals surface area contributed by atoms with Gasteiger partial charge in [0.1, 0.15) is 0 Å². The third-order valence-electron chi connectivity index (χ3n) is 4.20. The number of amides is 2. The van der Waals surface area contributed by atoms with Crippen molar-refractivity contribution >= 4 is 40.8 Å². The van der Waals surface area contributed by atoms with Crippen LogP contribution >= 0.6 is 12.2 Å². The number of carbonyl (C=O) groups is 3. The van der Waals surface area contributed by atoms with Crippen molar-refractivity contribution in [3.63, 3.8) is 0 Å². The Labute approximate surface area is 193 Å². The molecule has 32 heavy (non-hydrogen) atoms. The van der Waals surface area contributed by atoms with Gasteiger partial charge in [0.15, 0.2) is 5.11 Å². The van der Waals surface area contributed by atoms with Crippen molar-refractivity contribution in [3.05, 3.63) is 65.7 Å². The number of hydrogen-bond donors (Lipinski definition) is 3. The number of carbonyl (C=O) groups excluding carboxylic acids is 3. The Balaban J connectivity index is 1.68. The molecule has 0 aliphatic carbocycles. The number of anilines is 1. The van der Waals surface area contributed by atoms with Gasteiger partial charge in [-0.1, -0.05) is 30.3 Å². The molecule has 7 nitrogen and oxygen atoms in total. The van der Waals surface area contributed by atoms with Gasteiger partial charge in [0, 0.05) is 29.6 Å². The molecule has 8 heteroatoms. The third kappa shape index (κ3) is 9.70. The minimum absolute atomic E-state index is 0.0270. The van der Waals surface area contributed by atoms with Crippen LogP contribution in [0, 0.1) is 0 Å². The van der Waals surface area contributed by atoms with E-state index in [0.29, 0.717) is 17.7 Å². The second kappa shape index (κ2) is 12.0. The fourth-order valence-corrected chi connectivity index (χ4v) is 2.92. The van der Waals surface area contributed by atoms with E-state index >= 15 is 0 Å². The largest absolute Gasteiger partial charge is 0.465 e. The highest BCUT2D eigenvalue weighted by Crippen LogP contribution is 2.11. The minimum atomic E-state index is -0.431. The summed E-state index contributed by atoms with van der Waals surface area (Å²) in [5.74, 6) is -0.988. The van der Waals surface area contributed by atoms with E-state index < -0.39 is 5.97 Å². The van der Waals surface area contributed by atoms with Crippen LogP contribution in [0.25, 0.3) is 0 Å². The molecule has 0 atom stereocenters. The molecule has 3 N–H and O–H groups in total. The van der Waals surface area contributed by atoms with E-state index in [4.69, 9.17) is 17.0 Å². The maximum Gasteiger partial charge on any atom is 0.306 e. The second-order valence-corrected chi connectivity index (χ2v) is 8.65. The van der Waals surface area contributed by atoms with Gasteiger partial charge in [-0.2, -0.15) is 0 Å². The Hall–Kier alpha value is -3.26. The molecule has 2 rings (SSSR count). The molecule has 0 heterocycles. The Morgan fingerprint density at radius 3 is 2.22 bits per heavy atom. The SMILES string of the molecule is CC(C)(C)NC(=O)c1ccc(NC(=S)NC(=O)CCC(=O)OCCc2ccccc2)cc1. The molecule has 0 aliphatic heterocycles. The van der Waals surface area contributed by atoms with E-state index in [-0.39, 0.29) is 41.9 Å². The maximum atomic E-state index is 12.2. The average molecular weight is 456 g/mol. The molecular weight excluding hydrogens is 426 g/mol. The minimum Gasteiger partial charge on any atom is -0.465 e. The van der Waals surface area contributed by atoms with Crippen LogP contribution in [-0.2, 0) is 20.7 Å². The molecule has 0 spiro atoms. The summed E-state index contributed by atoms with van der Waals surface area (Å²) in [7, 11) is 0. The van der Waals surface area contributed by atoms with Gasteiger partial charge in [-0.25, -0.2) is 0 Å². The van der Waals surface area contributed by atoms with E-state index in [1.807, 2.05) is 51.1 Å². The quantitative estimate of drug-likeness (QED) is 0.416. The number of thiocarbonyl (C=S) groups is 1. The van der Waals surface area contributed by atoms with Crippen LogP contribution in [-0.4, -0.2) is 35.0 Å². The first-order chi connectivity index (χ1) is 15.1. The summed E-state index contributed by atoms with van der Waals surface area (Å²) in [4.78, 5) is 36.0. The Morgan fingerprint density at radius 1 is 0.938 bits per heavy atom. The predicted molar refractivity (Wildman–Crippen MR) is 128 cm³/mol. The van der Waals surface area contributed by atoms with Crippen LogP contribution in [0.2, 0.25) is 0 Å². The number of rotatable bonds is 8. The summed E-state index contributed by atoms with van der Waals surface area (Å²) in [6.45, 7) is 6.00. The topological polar surface area (TPSA) is 96.5 Å². The molecule has 0 radical (unpaired) electrons. The number of ether oxygens (including phenoxy) is 1. The van der Waals surface area contributed by atoms with E-state index in [1.165, 1.54) is 0 Å². The van der Waals surface area contributed by atoms with Crippen LogP contribution in [0.15, 0.2) is 54.6 Å². The molecule has 170 valence electrons. The van der Waals surface area contributed by atoms with Crippen molar-refractivity contribution in [1.29, 1.82) is 0 Å². The normalized spacial score (nSPS) is 10.7. The smallest absolute Gasteiger partial charge is 0.306 e. The number of esters is 1. The first kappa shape index (κ1) is 25.0. The first-order valence-electron chi connectivity index (χ1n) is 10.4. The van der Waals surface area contributed by atoms with Gasteiger partial charge in [0.25, 0.3) is 5.91 Å². The molecule has 0 aromatic heterocycles. The van der Waals surface area contributed by atoms with Crippen molar-refractivity contribution in [2.75, 3.05) is 11.9 Å². The summed E-state index contributed by atoms with van der Waals surface area (Å²) >= 11 is 5.13. The number of benzene rings is 2. The standard InChI is InChI=1S/C24H29N3O4S/c1-24(2,3)27-22(30)18-9-11-19(12-10-18)25-23(32)26-20(28)13-14-21(29)31-16-15-17-7-5-4-6-8-17/h4-12H,13-16H2,1-3H3,(H,27,30)(H2,25,26,28,32). The van der Waals surface area contributed by atoms with Gasteiger partial charge in [0.05, 0.1) is 13.0 Å². The molecular formula is C24H29N3O4S. The molecule has 2 amide bonds. The van der Waals surface area contributed by atoms with Crippen molar-refractivity contribution < 1.29 is 19.1 Å². The van der Waals surface area contributed by atoms with Crippen LogP contribution in [0.1, 0.15) is 49.5 Å². The van der Waals surface area contributed by atoms with Crippen LogP contribution < -0.4 is 16.0 Å². The zero-order valence-corrected chi connectivity index (χ0v) is 19.4. The summed E-state index contributed by atoms with van der Waals surface area (Å²) in [5.41, 5.74) is 1.90. The van der Waals surface area contributed by atoms with Crippen molar-refractivity contribution in [2.24, 2.45) is 0 Å². The van der Waals surface area contributed by atoms with Crippen molar-refractivity contribution in [2.45, 2.75) is 45.6 Å². The van der Waals surface area contributed by atoms with Crippen LogP contribution in [0.4, 0.5) is 5.69 Å². The lowest BCUT2D eigenvalue weighted by atomic mass is 10.1. The maximum absolute atomic E-state index is 12.2. The lowest BCUT2D eigenvalue weighted by molar-refractivity contribution is -0.144. The lowest BCUT2D eigenvalue weighted by Gasteiger charge is -2.20. The molecule has 0 aliphatic rings. The first-order valence-corrected chi connectivity index (χ1v) is 10.8. The summed E-state index contributed by atoms with van der Waals surface area (Å²) < 4.78 is 5.16. The predicted octanol–water partition coefficient (Wildman–Crippen LogP) is 3.59. The summed E-state index contributed by atoms with van der Waals surface area (Å²) in [5, 5.41) is 8.40. The molecule has 0 saturated carbocycles. The van der Waals surface area contributed by atoms with Gasteiger partial charge in [0.2, 0.25) is 5.91 Å². The molecule has 2 aromatic rings. The zero-order chi connectivity index (χ0) is 23.6. The van der Waals surface area contributed by atoms with Gasteiger partial charge in [-0.15, -0.1) is 0 Å². The van der Waals surface area contributed by atoms with Crippen LogP contribution in [0.3, 0.4) is 0 Å². The van der Waals surface area contributed by atoms with Gasteiger partial charge in [-0.3, -0.25) is 14.4 Å². The zero-order valence-electron chi connectivity index (χ0n) is 18.6. The lowest BCUT2D eigenvalue weighted by Crippen LogP contribution is -2.40. The Kier molecular flexibility index (Phi) is 9.34. The molecule has 2 aromatic carbocycles. The van der Waals surface area contributed by atoms with Gasteiger partial charge >= 0.3 is 5.97 Å². The fraction of sp³-hybridized carbons (Fsp3) is 0.333. The fourth-order valence-electron chi connectivity index (χ4n) is 2.68. The van der Waals surface area contributed by atoms with Crippen molar-refractivity contribution in [1.82, 2.24) is 10.6 Å². The third-order valence-corrected chi connectivity index (χ3v) is 4.40. The van der Waals surface area contributed by atoms with E-state index in [9.17, 15) is 14.4 Å². The molecule has 0 unspecified atom stereocenters. The number of nitrogens with one attached hydrogen (secondary N) is 3. The Bertz CT molecular complexity index is 938. The van der Waals surface area contributed by atoms with Crippen LogP contribution in [0.5, 0.6) is 0 Å². The number of hydrogen-bond acceptors (Lipinski definition) is 5. The van der Waals surface area contributed by atoms with Crippen molar-refractivity contribution in [3.8, 4) is 0 Å². The summed E-state index contributed by atoms with van der Waals surface area (Å²) in [6.07, 6.45) is 0.572. The summed E-state index contributed by atoms with van der Waals surface area (Å²) in [6, 6.07) is 16.4. The highest BCUT2D eigenvalue weighted by Gasteiger charge is 2.15. The molecule has 0 bridgehead atoms. The average Bonchev–Trinajstić information content (AvgIpc) is 2.72. The van der Waals surface area contributed by atoms with Gasteiger partial charge < -0.3 is 20.7 Å². The molecule has 0 saturated heterocycles.